The number of aromatic nitrogens is 3. The summed E-state index contributed by atoms with van der Waals surface area (Å²) in [4.78, 5) is 14.1. The molecule has 198 valence electrons. The van der Waals surface area contributed by atoms with Crippen molar-refractivity contribution in [1.82, 2.24) is 15.0 Å². The van der Waals surface area contributed by atoms with Crippen LogP contribution >= 0.6 is 0 Å². The van der Waals surface area contributed by atoms with Crippen LogP contribution in [0.2, 0.25) is 0 Å². The van der Waals surface area contributed by atoms with Crippen LogP contribution in [0.15, 0.2) is 90.1 Å². The summed E-state index contributed by atoms with van der Waals surface area (Å²) in [6.07, 6.45) is 5.76. The van der Waals surface area contributed by atoms with Gasteiger partial charge in [0.25, 0.3) is 0 Å². The summed E-state index contributed by atoms with van der Waals surface area (Å²) < 4.78 is 25.0. The number of unbranched alkanes of at least 4 members (excludes halogenated alkanes) is 1. The number of sulfonamides is 1. The van der Waals surface area contributed by atoms with Crippen LogP contribution < -0.4 is 10.5 Å². The van der Waals surface area contributed by atoms with Gasteiger partial charge >= 0.3 is 0 Å². The maximum absolute atomic E-state index is 12.5. The zero-order chi connectivity index (χ0) is 27.4. The topological polar surface area (TPSA) is 111 Å². The van der Waals surface area contributed by atoms with Crippen LogP contribution in [0.5, 0.6) is 0 Å². The van der Waals surface area contributed by atoms with Crippen molar-refractivity contribution in [2.24, 2.45) is 5.14 Å². The third-order valence-electron chi connectivity index (χ3n) is 6.81. The molecule has 0 bridgehead atoms. The molecule has 7 nitrogen and oxygen atoms in total. The first-order valence-electron chi connectivity index (χ1n) is 13.0. The molecule has 0 unspecified atom stereocenters. The van der Waals surface area contributed by atoms with Gasteiger partial charge < -0.3 is 5.32 Å². The van der Waals surface area contributed by atoms with Crippen molar-refractivity contribution in [3.8, 4) is 22.4 Å². The minimum Gasteiger partial charge on any atom is -0.364 e. The Labute approximate surface area is 229 Å². The number of hydrogen-bond donors (Lipinski definition) is 2. The highest BCUT2D eigenvalue weighted by atomic mass is 32.2. The predicted octanol–water partition coefficient (Wildman–Crippen LogP) is 6.27. The van der Waals surface area contributed by atoms with E-state index >= 15 is 0 Å². The zero-order valence-electron chi connectivity index (χ0n) is 22.1. The van der Waals surface area contributed by atoms with E-state index in [9.17, 15) is 8.42 Å². The second kappa shape index (κ2) is 11.3. The molecule has 0 atom stereocenters. The van der Waals surface area contributed by atoms with E-state index in [1.165, 1.54) is 0 Å². The van der Waals surface area contributed by atoms with E-state index in [2.05, 4.69) is 46.5 Å². The largest absolute Gasteiger partial charge is 0.364 e. The van der Waals surface area contributed by atoms with Crippen LogP contribution in [0.1, 0.15) is 36.7 Å². The van der Waals surface area contributed by atoms with Crippen molar-refractivity contribution < 1.29 is 8.42 Å². The molecule has 5 aromatic rings. The first kappa shape index (κ1) is 26.5. The van der Waals surface area contributed by atoms with Gasteiger partial charge in [-0.05, 0) is 60.0 Å². The highest BCUT2D eigenvalue weighted by Gasteiger charge is 2.21. The zero-order valence-corrected chi connectivity index (χ0v) is 22.9. The first-order chi connectivity index (χ1) is 18.9. The summed E-state index contributed by atoms with van der Waals surface area (Å²) in [5, 5.41) is 11.1. The second-order valence-electron chi connectivity index (χ2n) is 9.52. The van der Waals surface area contributed by atoms with Crippen LogP contribution in [0.3, 0.4) is 0 Å². The minimum atomic E-state index is -3.96. The Balaban J connectivity index is 1.72. The summed E-state index contributed by atoms with van der Waals surface area (Å²) in [7, 11) is -3.96. The molecule has 3 heterocycles. The van der Waals surface area contributed by atoms with Gasteiger partial charge in [-0.1, -0.05) is 67.9 Å². The molecule has 0 aliphatic rings. The van der Waals surface area contributed by atoms with Crippen LogP contribution in [-0.4, -0.2) is 23.4 Å². The Bertz CT molecular complexity index is 1720. The van der Waals surface area contributed by atoms with Gasteiger partial charge in [0.15, 0.2) is 0 Å². The van der Waals surface area contributed by atoms with Gasteiger partial charge in [-0.15, -0.1) is 0 Å². The molecule has 2 aromatic carbocycles. The Morgan fingerprint density at radius 3 is 2.44 bits per heavy atom. The Kier molecular flexibility index (Phi) is 7.67. The molecule has 0 saturated heterocycles. The molecular formula is C31H31N5O2S. The Hall–Kier alpha value is -4.14. The first-order valence-corrected chi connectivity index (χ1v) is 14.6. The fourth-order valence-electron chi connectivity index (χ4n) is 4.82. The maximum atomic E-state index is 12.5. The average molecular weight is 538 g/mol. The van der Waals surface area contributed by atoms with E-state index in [0.717, 1.165) is 46.0 Å². The molecule has 3 N–H and O–H groups in total. The third-order valence-corrected chi connectivity index (χ3v) is 7.78. The summed E-state index contributed by atoms with van der Waals surface area (Å²) in [6, 6.07) is 23.8. The number of fused-ring (bicyclic) bond motifs is 1. The quantitative estimate of drug-likeness (QED) is 0.229. The van der Waals surface area contributed by atoms with Crippen molar-refractivity contribution in [1.29, 1.82) is 0 Å². The number of nitrogens with zero attached hydrogens (tertiary/aromatic N) is 3. The van der Waals surface area contributed by atoms with Gasteiger partial charge in [-0.25, -0.2) is 18.5 Å². The van der Waals surface area contributed by atoms with Gasteiger partial charge in [0.1, 0.15) is 10.7 Å². The predicted molar refractivity (Wildman–Crippen MR) is 157 cm³/mol. The van der Waals surface area contributed by atoms with Gasteiger partial charge in [-0.2, -0.15) is 0 Å². The van der Waals surface area contributed by atoms with Crippen molar-refractivity contribution in [2.45, 2.75) is 44.6 Å². The van der Waals surface area contributed by atoms with Gasteiger partial charge in [0.05, 0.1) is 23.6 Å². The number of hydrogen-bond acceptors (Lipinski definition) is 6. The number of rotatable bonds is 9. The highest BCUT2D eigenvalue weighted by molar-refractivity contribution is 7.89. The molecule has 0 spiro atoms. The van der Waals surface area contributed by atoms with Crippen LogP contribution in [0.4, 0.5) is 5.82 Å². The van der Waals surface area contributed by atoms with E-state index in [4.69, 9.17) is 10.1 Å². The smallest absolute Gasteiger partial charge is 0.239 e. The second-order valence-corrected chi connectivity index (χ2v) is 11.1. The summed E-state index contributed by atoms with van der Waals surface area (Å²) >= 11 is 0. The number of anilines is 1. The van der Waals surface area contributed by atoms with Gasteiger partial charge in [0, 0.05) is 23.3 Å². The number of nitrogens with one attached hydrogen (secondary N) is 1. The van der Waals surface area contributed by atoms with Crippen molar-refractivity contribution >= 4 is 26.6 Å². The monoisotopic (exact) mass is 537 g/mol. The van der Waals surface area contributed by atoms with E-state index < -0.39 is 10.0 Å². The summed E-state index contributed by atoms with van der Waals surface area (Å²) in [5.41, 5.74) is 5.68. The fraction of sp³-hybridized carbons (Fsp3) is 0.194. The molecule has 8 heteroatoms. The SMILES string of the molecule is CCCCc1ncc(-c2nc(NCc3ccccn3)c3c(-c4ccccc4)cccc3c2C)cc1S(N)(=O)=O. The molecule has 5 rings (SSSR count). The molecule has 0 aliphatic carbocycles. The average Bonchev–Trinajstić information content (AvgIpc) is 2.96. The van der Waals surface area contributed by atoms with E-state index in [1.54, 1.807) is 18.5 Å². The lowest BCUT2D eigenvalue weighted by Crippen LogP contribution is -2.16. The Morgan fingerprint density at radius 1 is 0.923 bits per heavy atom. The molecule has 39 heavy (non-hydrogen) atoms. The van der Waals surface area contributed by atoms with Crippen LogP contribution in [0.25, 0.3) is 33.2 Å². The molecule has 0 fully saturated rings. The lowest BCUT2D eigenvalue weighted by atomic mass is 9.94. The molecule has 0 aliphatic heterocycles. The molecule has 0 amide bonds. The van der Waals surface area contributed by atoms with Crippen molar-refractivity contribution in [2.75, 3.05) is 5.32 Å². The lowest BCUT2D eigenvalue weighted by molar-refractivity contribution is 0.595. The standard InChI is InChI=1S/C31H31N5O2S/c1-3-4-16-27-28(39(32,37)38)18-23(19-34-27)30-21(2)25-14-10-15-26(22-11-6-5-7-12-22)29(25)31(36-30)35-20-24-13-8-9-17-33-24/h5-15,17-19H,3-4,16,20H2,1-2H3,(H,35,36)(H2,32,37,38). The van der Waals surface area contributed by atoms with E-state index in [1.807, 2.05) is 49.4 Å². The summed E-state index contributed by atoms with van der Waals surface area (Å²) in [5.74, 6) is 0.683. The van der Waals surface area contributed by atoms with Crippen LogP contribution in [0, 0.1) is 6.92 Å². The number of primary sulfonamides is 1. The van der Waals surface area contributed by atoms with Gasteiger partial charge in [0.2, 0.25) is 10.0 Å². The van der Waals surface area contributed by atoms with Gasteiger partial charge in [-0.3, -0.25) is 9.97 Å². The Morgan fingerprint density at radius 2 is 1.72 bits per heavy atom. The summed E-state index contributed by atoms with van der Waals surface area (Å²) in [6.45, 7) is 4.53. The number of pyridine rings is 3. The normalized spacial score (nSPS) is 11.6. The van der Waals surface area contributed by atoms with E-state index in [0.29, 0.717) is 35.7 Å². The highest BCUT2D eigenvalue weighted by Crippen LogP contribution is 2.38. The minimum absolute atomic E-state index is 0.0516. The maximum Gasteiger partial charge on any atom is 0.239 e. The van der Waals surface area contributed by atoms with Crippen molar-refractivity contribution in [3.05, 3.63) is 102 Å². The molecule has 3 aromatic heterocycles. The number of aryl methyl sites for hydroxylation is 2. The number of benzene rings is 2. The molecule has 0 saturated carbocycles. The third kappa shape index (κ3) is 5.67. The van der Waals surface area contributed by atoms with Crippen LogP contribution in [-0.2, 0) is 23.0 Å². The fourth-order valence-corrected chi connectivity index (χ4v) is 5.60. The lowest BCUT2D eigenvalue weighted by Gasteiger charge is -2.18. The molecule has 0 radical (unpaired) electrons. The van der Waals surface area contributed by atoms with E-state index in [-0.39, 0.29) is 4.90 Å². The molecular weight excluding hydrogens is 506 g/mol. The van der Waals surface area contributed by atoms with Crippen molar-refractivity contribution in [3.63, 3.8) is 0 Å². The number of nitrogens with two attached hydrogens (primary N) is 1.